The van der Waals surface area contributed by atoms with E-state index < -0.39 is 0 Å². The predicted octanol–water partition coefficient (Wildman–Crippen LogP) is 5.64. The van der Waals surface area contributed by atoms with Crippen molar-refractivity contribution in [3.8, 4) is 22.8 Å². The van der Waals surface area contributed by atoms with Crippen LogP contribution in [0, 0.1) is 0 Å². The van der Waals surface area contributed by atoms with E-state index >= 15 is 0 Å². The summed E-state index contributed by atoms with van der Waals surface area (Å²) in [6.45, 7) is 16.2. The van der Waals surface area contributed by atoms with E-state index in [-0.39, 0.29) is 5.43 Å². The van der Waals surface area contributed by atoms with Crippen molar-refractivity contribution in [2.45, 2.75) is 53.4 Å². The number of hydrogen-bond acceptors (Lipinski definition) is 5. The molecule has 0 bridgehead atoms. The lowest BCUT2D eigenvalue weighted by molar-refractivity contribution is 0.209. The number of aromatic nitrogens is 1. The van der Waals surface area contributed by atoms with Gasteiger partial charge in [-0.3, -0.25) is 14.6 Å². The van der Waals surface area contributed by atoms with Crippen LogP contribution >= 0.6 is 0 Å². The Hall–Kier alpha value is -2.57. The van der Waals surface area contributed by atoms with Crippen molar-refractivity contribution < 1.29 is 9.47 Å². The minimum Gasteiger partial charge on any atom is -0.492 e. The molecule has 0 amide bonds. The fraction of sp³-hybridized carbons (Fsp3) is 0.567. The normalized spacial score (nSPS) is 11.8. The van der Waals surface area contributed by atoms with Gasteiger partial charge in [0.15, 0.2) is 5.43 Å². The predicted molar refractivity (Wildman–Crippen MR) is 151 cm³/mol. The van der Waals surface area contributed by atoms with E-state index in [4.69, 9.17) is 9.47 Å². The van der Waals surface area contributed by atoms with E-state index in [1.165, 1.54) is 0 Å². The van der Waals surface area contributed by atoms with Crippen molar-refractivity contribution in [1.29, 1.82) is 0 Å². The Balaban J connectivity index is 1.75. The zero-order chi connectivity index (χ0) is 25.9. The van der Waals surface area contributed by atoms with Crippen LogP contribution in [0.4, 0.5) is 0 Å². The number of benzene rings is 2. The highest BCUT2D eigenvalue weighted by molar-refractivity contribution is 5.97. The van der Waals surface area contributed by atoms with Crippen molar-refractivity contribution in [1.82, 2.24) is 14.4 Å². The molecule has 6 nitrogen and oxygen atoms in total. The van der Waals surface area contributed by atoms with Crippen molar-refractivity contribution in [3.63, 3.8) is 0 Å². The first-order chi connectivity index (χ1) is 17.5. The first kappa shape index (κ1) is 28.0. The second-order valence-corrected chi connectivity index (χ2v) is 9.68. The van der Waals surface area contributed by atoms with Gasteiger partial charge in [0, 0.05) is 43.9 Å². The molecule has 1 aromatic carbocycles. The van der Waals surface area contributed by atoms with Crippen LogP contribution in [0.1, 0.15) is 53.4 Å². The van der Waals surface area contributed by atoms with Crippen molar-refractivity contribution >= 4 is 10.8 Å². The molecule has 0 atom stereocenters. The van der Waals surface area contributed by atoms with Crippen molar-refractivity contribution in [2.24, 2.45) is 7.05 Å². The maximum Gasteiger partial charge on any atom is 0.192 e. The fourth-order valence-corrected chi connectivity index (χ4v) is 4.97. The van der Waals surface area contributed by atoms with E-state index in [0.29, 0.717) is 19.0 Å². The Morgan fingerprint density at radius 1 is 0.722 bits per heavy atom. The summed E-state index contributed by atoms with van der Waals surface area (Å²) in [5.41, 5.74) is 1.60. The van der Waals surface area contributed by atoms with E-state index in [0.717, 1.165) is 92.7 Å². The van der Waals surface area contributed by atoms with Gasteiger partial charge in [-0.25, -0.2) is 0 Å². The second-order valence-electron chi connectivity index (χ2n) is 9.68. The molecule has 0 saturated carbocycles. The van der Waals surface area contributed by atoms with Crippen LogP contribution < -0.4 is 14.9 Å². The van der Waals surface area contributed by atoms with Crippen LogP contribution in [0.5, 0.6) is 11.5 Å². The number of ether oxygens (including phenoxy) is 2. The third-order valence-corrected chi connectivity index (χ3v) is 6.57. The van der Waals surface area contributed by atoms with Gasteiger partial charge in [0.1, 0.15) is 24.7 Å². The van der Waals surface area contributed by atoms with E-state index in [9.17, 15) is 4.79 Å². The van der Waals surface area contributed by atoms with Crippen molar-refractivity contribution in [3.05, 3.63) is 46.8 Å². The third-order valence-electron chi connectivity index (χ3n) is 6.57. The zero-order valence-electron chi connectivity index (χ0n) is 23.0. The summed E-state index contributed by atoms with van der Waals surface area (Å²) in [6.07, 6.45) is 6.64. The summed E-state index contributed by atoms with van der Waals surface area (Å²) in [5.74, 6) is 1.48. The third kappa shape index (κ3) is 7.47. The Kier molecular flexibility index (Phi) is 11.1. The van der Waals surface area contributed by atoms with Gasteiger partial charge in [0.2, 0.25) is 0 Å². The molecule has 3 rings (SSSR count). The molecule has 0 aromatic heterocycles. The van der Waals surface area contributed by atoms with Gasteiger partial charge in [-0.15, -0.1) is 0 Å². The molecule has 1 aromatic rings. The number of aryl methyl sites for hydroxylation is 1. The number of nitrogens with zero attached hydrogens (tertiary/aromatic N) is 3. The lowest BCUT2D eigenvalue weighted by Gasteiger charge is -2.22. The molecule has 0 saturated heterocycles. The molecule has 198 valence electrons. The Morgan fingerprint density at radius 3 is 1.83 bits per heavy atom. The highest BCUT2D eigenvalue weighted by atomic mass is 16.5. The molecular formula is C30H45N3O3. The first-order valence-corrected chi connectivity index (χ1v) is 13.8. The Bertz CT molecular complexity index is 1100. The van der Waals surface area contributed by atoms with Gasteiger partial charge >= 0.3 is 0 Å². The zero-order valence-corrected chi connectivity index (χ0v) is 23.0. The number of hydrogen-bond donors (Lipinski definition) is 0. The minimum absolute atomic E-state index is 0.00823. The Labute approximate surface area is 217 Å². The molecule has 2 aliphatic rings. The van der Waals surface area contributed by atoms with E-state index in [1.807, 2.05) is 35.9 Å². The summed E-state index contributed by atoms with van der Waals surface area (Å²) in [7, 11) is 1.98. The summed E-state index contributed by atoms with van der Waals surface area (Å²) >= 11 is 0. The molecule has 0 fully saturated rings. The highest BCUT2D eigenvalue weighted by Crippen LogP contribution is 2.32. The van der Waals surface area contributed by atoms with Crippen LogP contribution in [-0.4, -0.2) is 66.8 Å². The molecule has 6 heteroatoms. The van der Waals surface area contributed by atoms with Gasteiger partial charge in [-0.1, -0.05) is 27.7 Å². The fourth-order valence-electron chi connectivity index (χ4n) is 4.97. The van der Waals surface area contributed by atoms with Crippen LogP contribution in [-0.2, 0) is 7.05 Å². The molecule has 1 heterocycles. The minimum atomic E-state index is -0.00823. The number of rotatable bonds is 16. The van der Waals surface area contributed by atoms with Gasteiger partial charge in [-0.2, -0.15) is 0 Å². The lowest BCUT2D eigenvalue weighted by Crippen LogP contribution is -2.30. The summed E-state index contributed by atoms with van der Waals surface area (Å²) in [5, 5.41) is 1.95. The van der Waals surface area contributed by atoms with E-state index in [1.54, 1.807) is 6.07 Å². The van der Waals surface area contributed by atoms with Gasteiger partial charge in [0.25, 0.3) is 0 Å². The molecule has 0 spiro atoms. The molecular weight excluding hydrogens is 450 g/mol. The lowest BCUT2D eigenvalue weighted by atomic mass is 10.00. The Morgan fingerprint density at radius 2 is 1.28 bits per heavy atom. The topological polar surface area (TPSA) is 46.9 Å². The average Bonchev–Trinajstić information content (AvgIpc) is 2.84. The summed E-state index contributed by atoms with van der Waals surface area (Å²) in [6, 6.07) is 9.65. The molecule has 0 N–H and O–H groups in total. The molecule has 0 radical (unpaired) electrons. The second kappa shape index (κ2) is 14.2. The smallest absolute Gasteiger partial charge is 0.192 e. The van der Waals surface area contributed by atoms with Crippen molar-refractivity contribution in [2.75, 3.05) is 52.5 Å². The van der Waals surface area contributed by atoms with Crippen LogP contribution in [0.15, 0.2) is 41.3 Å². The first-order valence-electron chi connectivity index (χ1n) is 13.8. The maximum absolute atomic E-state index is 13.2. The molecule has 0 unspecified atom stereocenters. The van der Waals surface area contributed by atoms with Crippen LogP contribution in [0.2, 0.25) is 0 Å². The van der Waals surface area contributed by atoms with Crippen LogP contribution in [0.25, 0.3) is 22.0 Å². The maximum atomic E-state index is 13.2. The van der Waals surface area contributed by atoms with E-state index in [2.05, 4.69) is 43.7 Å². The SMILES string of the molecule is CCCN(CCC)CCOc1cc2n(C)cc3cc(OCCN(CCC)CCC)ccc3c-2c(=O)c1. The van der Waals surface area contributed by atoms with Gasteiger partial charge in [-0.05, 0) is 75.4 Å². The summed E-state index contributed by atoms with van der Waals surface area (Å²) in [4.78, 5) is 18.0. The standard InChI is InChI=1S/C30H45N3O3/c1-6-12-32(13-7-2)16-18-35-25-10-11-27-24(20-25)23-31(5)28-21-26(22-29(34)30(27)28)36-19-17-33(14-8-3)15-9-4/h10-11,20-23H,6-9,12-19H2,1-5H3. The number of pyridine rings is 1. The average molecular weight is 496 g/mol. The summed E-state index contributed by atoms with van der Waals surface area (Å²) < 4.78 is 14.1. The highest BCUT2D eigenvalue weighted by Gasteiger charge is 2.16. The largest absolute Gasteiger partial charge is 0.492 e. The molecule has 1 aliphatic carbocycles. The number of fused-ring (bicyclic) bond motifs is 3. The monoisotopic (exact) mass is 495 g/mol. The van der Waals surface area contributed by atoms with Gasteiger partial charge < -0.3 is 14.0 Å². The molecule has 36 heavy (non-hydrogen) atoms. The van der Waals surface area contributed by atoms with Crippen LogP contribution in [0.3, 0.4) is 0 Å². The quantitative estimate of drug-likeness (QED) is 0.241. The van der Waals surface area contributed by atoms with Gasteiger partial charge in [0.05, 0.1) is 11.3 Å². The molecule has 1 aliphatic heterocycles.